The van der Waals surface area contributed by atoms with Gasteiger partial charge >= 0.3 is 0 Å². The maximum atomic E-state index is 12.2. The van der Waals surface area contributed by atoms with Crippen LogP contribution in [0.5, 0.6) is 0 Å². The van der Waals surface area contributed by atoms with Crippen LogP contribution in [0.25, 0.3) is 0 Å². The number of aryl methyl sites for hydroxylation is 2. The Hall–Kier alpha value is -2.21. The van der Waals surface area contributed by atoms with E-state index >= 15 is 0 Å². The molecule has 0 fully saturated rings. The quantitative estimate of drug-likeness (QED) is 0.671. The number of amides is 2. The summed E-state index contributed by atoms with van der Waals surface area (Å²) in [5.41, 5.74) is 12.6. The number of rotatable bonds is 7. The SMILES string of the molecule is Cc1ccc(C)c(C(=O)CN(CC(N)=O)CC(N)=O)c1. The van der Waals surface area contributed by atoms with Gasteiger partial charge in [0.1, 0.15) is 0 Å². The largest absolute Gasteiger partial charge is 0.369 e. The Morgan fingerprint density at radius 1 is 1.00 bits per heavy atom. The zero-order valence-corrected chi connectivity index (χ0v) is 11.7. The minimum Gasteiger partial charge on any atom is -0.369 e. The Balaban J connectivity index is 2.86. The highest BCUT2D eigenvalue weighted by Crippen LogP contribution is 2.12. The normalized spacial score (nSPS) is 10.6. The average molecular weight is 277 g/mol. The number of nitrogens with two attached hydrogens (primary N) is 2. The molecule has 6 nitrogen and oxygen atoms in total. The number of ketones is 1. The van der Waals surface area contributed by atoms with Crippen molar-refractivity contribution in [1.29, 1.82) is 0 Å². The summed E-state index contributed by atoms with van der Waals surface area (Å²) in [6.45, 7) is 3.29. The van der Waals surface area contributed by atoms with E-state index in [9.17, 15) is 14.4 Å². The van der Waals surface area contributed by atoms with Crippen molar-refractivity contribution >= 4 is 17.6 Å². The molecule has 2 amide bonds. The first-order valence-corrected chi connectivity index (χ1v) is 6.19. The zero-order chi connectivity index (χ0) is 15.3. The fourth-order valence-electron chi connectivity index (χ4n) is 1.93. The van der Waals surface area contributed by atoms with Crippen molar-refractivity contribution in [2.75, 3.05) is 19.6 Å². The third kappa shape index (κ3) is 4.81. The molecule has 0 aliphatic heterocycles. The average Bonchev–Trinajstić information content (AvgIpc) is 2.30. The summed E-state index contributed by atoms with van der Waals surface area (Å²) in [4.78, 5) is 35.5. The standard InChI is InChI=1S/C14H19N3O3/c1-9-3-4-10(2)11(5-9)12(18)6-17(7-13(15)19)8-14(16)20/h3-5H,6-8H2,1-2H3,(H2,15,19)(H2,16,20). The number of benzene rings is 1. The smallest absolute Gasteiger partial charge is 0.231 e. The van der Waals surface area contributed by atoms with Crippen LogP contribution in [0, 0.1) is 13.8 Å². The molecule has 4 N–H and O–H groups in total. The maximum Gasteiger partial charge on any atom is 0.231 e. The van der Waals surface area contributed by atoms with E-state index in [0.29, 0.717) is 5.56 Å². The fourth-order valence-corrected chi connectivity index (χ4v) is 1.93. The highest BCUT2D eigenvalue weighted by Gasteiger charge is 2.17. The van der Waals surface area contributed by atoms with Crippen LogP contribution in [-0.4, -0.2) is 42.1 Å². The topological polar surface area (TPSA) is 106 Å². The van der Waals surface area contributed by atoms with Crippen LogP contribution in [0.4, 0.5) is 0 Å². The van der Waals surface area contributed by atoms with Gasteiger partial charge in [-0.05, 0) is 25.5 Å². The number of hydrogen-bond donors (Lipinski definition) is 2. The lowest BCUT2D eigenvalue weighted by molar-refractivity contribution is -0.121. The summed E-state index contributed by atoms with van der Waals surface area (Å²) < 4.78 is 0. The Morgan fingerprint density at radius 2 is 1.55 bits per heavy atom. The molecule has 0 aliphatic carbocycles. The Labute approximate surface area is 117 Å². The second-order valence-electron chi connectivity index (χ2n) is 4.82. The van der Waals surface area contributed by atoms with Gasteiger partial charge in [0, 0.05) is 5.56 Å². The van der Waals surface area contributed by atoms with E-state index in [1.807, 2.05) is 26.0 Å². The first-order chi connectivity index (χ1) is 9.29. The lowest BCUT2D eigenvalue weighted by Crippen LogP contribution is -2.42. The van der Waals surface area contributed by atoms with E-state index in [-0.39, 0.29) is 25.4 Å². The van der Waals surface area contributed by atoms with E-state index in [4.69, 9.17) is 11.5 Å². The minimum atomic E-state index is -0.611. The van der Waals surface area contributed by atoms with E-state index in [1.54, 1.807) is 6.07 Å². The van der Waals surface area contributed by atoms with Gasteiger partial charge in [-0.25, -0.2) is 0 Å². The van der Waals surface area contributed by atoms with E-state index in [0.717, 1.165) is 11.1 Å². The second-order valence-corrected chi connectivity index (χ2v) is 4.82. The monoisotopic (exact) mass is 277 g/mol. The third-order valence-electron chi connectivity index (χ3n) is 2.82. The molecule has 0 saturated carbocycles. The van der Waals surface area contributed by atoms with Gasteiger partial charge in [-0.1, -0.05) is 17.7 Å². The number of nitrogens with zero attached hydrogens (tertiary/aromatic N) is 1. The van der Waals surface area contributed by atoms with Crippen LogP contribution in [0.1, 0.15) is 21.5 Å². The minimum absolute atomic E-state index is 0.0732. The molecule has 1 aromatic rings. The number of carbonyl (C=O) groups excluding carboxylic acids is 3. The summed E-state index contributed by atoms with van der Waals surface area (Å²) in [5.74, 6) is -1.39. The Kier molecular flexibility index (Phi) is 5.40. The first kappa shape index (κ1) is 15.8. The van der Waals surface area contributed by atoms with Crippen molar-refractivity contribution in [2.45, 2.75) is 13.8 Å². The molecule has 20 heavy (non-hydrogen) atoms. The van der Waals surface area contributed by atoms with Crippen LogP contribution in [0.15, 0.2) is 18.2 Å². The molecule has 1 aromatic carbocycles. The second kappa shape index (κ2) is 6.81. The third-order valence-corrected chi connectivity index (χ3v) is 2.82. The summed E-state index contributed by atoms with van der Waals surface area (Å²) >= 11 is 0. The molecule has 0 atom stereocenters. The lowest BCUT2D eigenvalue weighted by Gasteiger charge is -2.18. The first-order valence-electron chi connectivity index (χ1n) is 6.19. The Bertz CT molecular complexity index is 524. The molecule has 0 spiro atoms. The van der Waals surface area contributed by atoms with Crippen LogP contribution < -0.4 is 11.5 Å². The number of Topliss-reactive ketones (excluding diaryl/α,β-unsaturated/α-hetero) is 1. The van der Waals surface area contributed by atoms with Gasteiger partial charge in [-0.2, -0.15) is 0 Å². The van der Waals surface area contributed by atoms with Gasteiger partial charge in [0.2, 0.25) is 11.8 Å². The van der Waals surface area contributed by atoms with Gasteiger partial charge in [0.15, 0.2) is 5.78 Å². The van der Waals surface area contributed by atoms with Crippen LogP contribution in [0.2, 0.25) is 0 Å². The summed E-state index contributed by atoms with van der Waals surface area (Å²) in [6.07, 6.45) is 0. The summed E-state index contributed by atoms with van der Waals surface area (Å²) in [6, 6.07) is 5.55. The molecule has 0 unspecified atom stereocenters. The number of primary amides is 2. The van der Waals surface area contributed by atoms with Gasteiger partial charge in [0.25, 0.3) is 0 Å². The molecule has 1 rings (SSSR count). The maximum absolute atomic E-state index is 12.2. The van der Waals surface area contributed by atoms with E-state index < -0.39 is 11.8 Å². The number of hydrogen-bond acceptors (Lipinski definition) is 4. The van der Waals surface area contributed by atoms with Crippen LogP contribution in [0.3, 0.4) is 0 Å². The molecule has 0 aromatic heterocycles. The summed E-state index contributed by atoms with van der Waals surface area (Å²) in [5, 5.41) is 0. The van der Waals surface area contributed by atoms with Crippen molar-refractivity contribution in [3.63, 3.8) is 0 Å². The molecule has 108 valence electrons. The highest BCUT2D eigenvalue weighted by molar-refractivity contribution is 5.99. The molecular formula is C14H19N3O3. The lowest BCUT2D eigenvalue weighted by atomic mass is 10.0. The molecule has 0 heterocycles. The summed E-state index contributed by atoms with van der Waals surface area (Å²) in [7, 11) is 0. The molecule has 6 heteroatoms. The van der Waals surface area contributed by atoms with Gasteiger partial charge in [-0.3, -0.25) is 19.3 Å². The van der Waals surface area contributed by atoms with E-state index in [1.165, 1.54) is 4.90 Å². The van der Waals surface area contributed by atoms with E-state index in [2.05, 4.69) is 0 Å². The molecular weight excluding hydrogens is 258 g/mol. The Morgan fingerprint density at radius 3 is 2.05 bits per heavy atom. The predicted molar refractivity (Wildman–Crippen MR) is 75.1 cm³/mol. The zero-order valence-electron chi connectivity index (χ0n) is 11.7. The van der Waals surface area contributed by atoms with Crippen LogP contribution in [-0.2, 0) is 9.59 Å². The fraction of sp³-hybridized carbons (Fsp3) is 0.357. The van der Waals surface area contributed by atoms with Crippen molar-refractivity contribution < 1.29 is 14.4 Å². The number of carbonyl (C=O) groups is 3. The predicted octanol–water partition coefficient (Wildman–Crippen LogP) is -0.241. The van der Waals surface area contributed by atoms with Crippen molar-refractivity contribution in [1.82, 2.24) is 4.90 Å². The van der Waals surface area contributed by atoms with Crippen molar-refractivity contribution in [2.24, 2.45) is 11.5 Å². The van der Waals surface area contributed by atoms with Crippen molar-refractivity contribution in [3.8, 4) is 0 Å². The highest BCUT2D eigenvalue weighted by atomic mass is 16.2. The molecule has 0 saturated heterocycles. The molecule has 0 aliphatic rings. The van der Waals surface area contributed by atoms with Crippen LogP contribution >= 0.6 is 0 Å². The van der Waals surface area contributed by atoms with Crippen molar-refractivity contribution in [3.05, 3.63) is 34.9 Å². The molecule has 0 radical (unpaired) electrons. The van der Waals surface area contributed by atoms with Gasteiger partial charge < -0.3 is 11.5 Å². The van der Waals surface area contributed by atoms with Gasteiger partial charge in [-0.15, -0.1) is 0 Å². The van der Waals surface area contributed by atoms with Gasteiger partial charge in [0.05, 0.1) is 19.6 Å². The molecule has 0 bridgehead atoms.